The van der Waals surface area contributed by atoms with E-state index in [1.807, 2.05) is 36.4 Å². The maximum atomic E-state index is 12.8. The molecule has 0 N–H and O–H groups in total. The summed E-state index contributed by atoms with van der Waals surface area (Å²) in [5.74, 6) is 1.55. The Morgan fingerprint density at radius 1 is 0.769 bits per heavy atom. The van der Waals surface area contributed by atoms with Crippen molar-refractivity contribution in [3.05, 3.63) is 47.5 Å². The molecule has 2 aromatic rings. The molecule has 1 aliphatic rings. The first kappa shape index (κ1) is 18.5. The second-order valence-electron chi connectivity index (χ2n) is 6.47. The van der Waals surface area contributed by atoms with Gasteiger partial charge in [0.25, 0.3) is 0 Å². The average Bonchev–Trinajstić information content (AvgIpc) is 2.95. The van der Waals surface area contributed by atoms with Gasteiger partial charge in [0.05, 0.1) is 6.61 Å². The minimum absolute atomic E-state index is 0.0474. The highest BCUT2D eigenvalue weighted by Gasteiger charge is 2.27. The SMILES string of the molecule is CCCOc1ccc2c(c1)C(=O)c1cc(OCCN(CC)CC)ccc1-2. The topological polar surface area (TPSA) is 38.8 Å². The molecule has 4 nitrogen and oxygen atoms in total. The Bertz CT molecular complexity index is 781. The summed E-state index contributed by atoms with van der Waals surface area (Å²) in [6, 6.07) is 11.6. The fraction of sp³-hybridized carbons (Fsp3) is 0.409. The predicted octanol–water partition coefficient (Wildman–Crippen LogP) is 4.41. The summed E-state index contributed by atoms with van der Waals surface area (Å²) in [7, 11) is 0. The quantitative estimate of drug-likeness (QED) is 0.571. The smallest absolute Gasteiger partial charge is 0.194 e. The highest BCUT2D eigenvalue weighted by Crippen LogP contribution is 2.39. The standard InChI is InChI=1S/C22H27NO3/c1-4-12-25-16-7-9-18-19-10-8-17(26-13-11-23(5-2)6-3)15-21(19)22(24)20(18)14-16/h7-10,14-15H,4-6,11-13H2,1-3H3. The molecule has 3 rings (SSSR count). The highest BCUT2D eigenvalue weighted by atomic mass is 16.5. The van der Waals surface area contributed by atoms with Gasteiger partial charge in [-0.1, -0.05) is 20.8 Å². The third-order valence-corrected chi connectivity index (χ3v) is 4.81. The van der Waals surface area contributed by atoms with Gasteiger partial charge in [-0.2, -0.15) is 0 Å². The number of likely N-dealkylation sites (N-methyl/N-ethyl adjacent to an activating group) is 1. The first-order valence-electron chi connectivity index (χ1n) is 9.49. The number of carbonyl (C=O) groups is 1. The number of fused-ring (bicyclic) bond motifs is 3. The Labute approximate surface area is 155 Å². The summed E-state index contributed by atoms with van der Waals surface area (Å²) >= 11 is 0. The molecular weight excluding hydrogens is 326 g/mol. The van der Waals surface area contributed by atoms with Crippen molar-refractivity contribution in [3.63, 3.8) is 0 Å². The highest BCUT2D eigenvalue weighted by molar-refractivity contribution is 6.22. The van der Waals surface area contributed by atoms with Crippen LogP contribution in [0, 0.1) is 0 Å². The van der Waals surface area contributed by atoms with Crippen molar-refractivity contribution in [3.8, 4) is 22.6 Å². The summed E-state index contributed by atoms with van der Waals surface area (Å²) in [6.07, 6.45) is 0.944. The molecule has 4 heteroatoms. The van der Waals surface area contributed by atoms with Crippen molar-refractivity contribution in [2.24, 2.45) is 0 Å². The Morgan fingerprint density at radius 3 is 1.81 bits per heavy atom. The van der Waals surface area contributed by atoms with Crippen LogP contribution in [0.25, 0.3) is 11.1 Å². The zero-order chi connectivity index (χ0) is 18.5. The first-order chi connectivity index (χ1) is 12.7. The van der Waals surface area contributed by atoms with E-state index in [0.29, 0.717) is 24.3 Å². The largest absolute Gasteiger partial charge is 0.494 e. The van der Waals surface area contributed by atoms with Crippen LogP contribution in [0.3, 0.4) is 0 Å². The molecule has 0 unspecified atom stereocenters. The van der Waals surface area contributed by atoms with Gasteiger partial charge in [0.1, 0.15) is 18.1 Å². The summed E-state index contributed by atoms with van der Waals surface area (Å²) < 4.78 is 11.5. The molecule has 0 saturated heterocycles. The number of nitrogens with zero attached hydrogens (tertiary/aromatic N) is 1. The van der Waals surface area contributed by atoms with Crippen LogP contribution >= 0.6 is 0 Å². The molecule has 1 aliphatic carbocycles. The zero-order valence-corrected chi connectivity index (χ0v) is 15.9. The minimum Gasteiger partial charge on any atom is -0.494 e. The summed E-state index contributed by atoms with van der Waals surface area (Å²) in [5, 5.41) is 0. The van der Waals surface area contributed by atoms with Crippen LogP contribution in [-0.2, 0) is 0 Å². The molecule has 138 valence electrons. The number of carbonyl (C=O) groups excluding carboxylic acids is 1. The van der Waals surface area contributed by atoms with Gasteiger partial charge in [-0.05, 0) is 67.0 Å². The molecular formula is C22H27NO3. The van der Waals surface area contributed by atoms with E-state index in [9.17, 15) is 4.79 Å². The second kappa shape index (κ2) is 8.37. The van der Waals surface area contributed by atoms with Crippen LogP contribution < -0.4 is 9.47 Å². The molecule has 2 aromatic carbocycles. The van der Waals surface area contributed by atoms with Crippen molar-refractivity contribution < 1.29 is 14.3 Å². The van der Waals surface area contributed by atoms with Gasteiger partial charge in [-0.25, -0.2) is 0 Å². The average molecular weight is 353 g/mol. The Hall–Kier alpha value is -2.33. The molecule has 0 aromatic heterocycles. The lowest BCUT2D eigenvalue weighted by Gasteiger charge is -2.18. The van der Waals surface area contributed by atoms with Crippen LogP contribution in [-0.4, -0.2) is 43.5 Å². The van der Waals surface area contributed by atoms with Gasteiger partial charge in [0, 0.05) is 17.7 Å². The number of benzene rings is 2. The van der Waals surface area contributed by atoms with E-state index in [1.54, 1.807) is 0 Å². The maximum Gasteiger partial charge on any atom is 0.194 e. The van der Waals surface area contributed by atoms with E-state index >= 15 is 0 Å². The fourth-order valence-corrected chi connectivity index (χ4v) is 3.27. The summed E-state index contributed by atoms with van der Waals surface area (Å²) in [4.78, 5) is 15.1. The number of rotatable bonds is 9. The van der Waals surface area contributed by atoms with Crippen LogP contribution in [0.5, 0.6) is 11.5 Å². The molecule has 0 saturated carbocycles. The van der Waals surface area contributed by atoms with Crippen molar-refractivity contribution >= 4 is 5.78 Å². The number of ether oxygens (including phenoxy) is 2. The lowest BCUT2D eigenvalue weighted by atomic mass is 10.1. The van der Waals surface area contributed by atoms with Crippen molar-refractivity contribution in [1.82, 2.24) is 4.90 Å². The lowest BCUT2D eigenvalue weighted by Crippen LogP contribution is -2.27. The van der Waals surface area contributed by atoms with Crippen molar-refractivity contribution in [2.75, 3.05) is 32.8 Å². The van der Waals surface area contributed by atoms with Crippen LogP contribution in [0.1, 0.15) is 43.1 Å². The Balaban J connectivity index is 1.74. The molecule has 0 bridgehead atoms. The molecule has 26 heavy (non-hydrogen) atoms. The monoisotopic (exact) mass is 353 g/mol. The summed E-state index contributed by atoms with van der Waals surface area (Å²) in [6.45, 7) is 10.6. The number of hydrogen-bond donors (Lipinski definition) is 0. The van der Waals surface area contributed by atoms with E-state index in [1.165, 1.54) is 0 Å². The van der Waals surface area contributed by atoms with Gasteiger partial charge < -0.3 is 14.4 Å². The first-order valence-corrected chi connectivity index (χ1v) is 9.49. The molecule has 0 aliphatic heterocycles. The third kappa shape index (κ3) is 3.75. The van der Waals surface area contributed by atoms with Gasteiger partial charge in [-0.3, -0.25) is 4.79 Å². The van der Waals surface area contributed by atoms with E-state index in [4.69, 9.17) is 9.47 Å². The lowest BCUT2D eigenvalue weighted by molar-refractivity contribution is 0.104. The van der Waals surface area contributed by atoms with Gasteiger partial charge in [-0.15, -0.1) is 0 Å². The van der Waals surface area contributed by atoms with Crippen molar-refractivity contribution in [2.45, 2.75) is 27.2 Å². The number of ketones is 1. The van der Waals surface area contributed by atoms with E-state index < -0.39 is 0 Å². The molecule has 0 radical (unpaired) electrons. The van der Waals surface area contributed by atoms with E-state index in [2.05, 4.69) is 25.7 Å². The summed E-state index contributed by atoms with van der Waals surface area (Å²) in [5.41, 5.74) is 3.38. The van der Waals surface area contributed by atoms with Gasteiger partial charge in [0.2, 0.25) is 0 Å². The second-order valence-corrected chi connectivity index (χ2v) is 6.47. The molecule has 0 fully saturated rings. The Kier molecular flexibility index (Phi) is 5.94. The Morgan fingerprint density at radius 2 is 1.31 bits per heavy atom. The zero-order valence-electron chi connectivity index (χ0n) is 15.9. The fourth-order valence-electron chi connectivity index (χ4n) is 3.27. The van der Waals surface area contributed by atoms with Crippen LogP contribution in [0.4, 0.5) is 0 Å². The van der Waals surface area contributed by atoms with Crippen molar-refractivity contribution in [1.29, 1.82) is 0 Å². The molecule has 0 spiro atoms. The molecule has 0 atom stereocenters. The molecule has 0 amide bonds. The number of hydrogen-bond acceptors (Lipinski definition) is 4. The predicted molar refractivity (Wildman–Crippen MR) is 104 cm³/mol. The maximum absolute atomic E-state index is 12.8. The minimum atomic E-state index is 0.0474. The van der Waals surface area contributed by atoms with Gasteiger partial charge in [0.15, 0.2) is 5.78 Å². The molecule has 0 heterocycles. The van der Waals surface area contributed by atoms with Crippen LogP contribution in [0.15, 0.2) is 36.4 Å². The van der Waals surface area contributed by atoms with Crippen LogP contribution in [0.2, 0.25) is 0 Å². The van der Waals surface area contributed by atoms with Gasteiger partial charge >= 0.3 is 0 Å². The third-order valence-electron chi connectivity index (χ3n) is 4.81. The van der Waals surface area contributed by atoms with E-state index in [-0.39, 0.29) is 5.78 Å². The van der Waals surface area contributed by atoms with E-state index in [0.717, 1.165) is 48.7 Å². The normalized spacial score (nSPS) is 12.2.